The molecule has 0 atom stereocenters. The first kappa shape index (κ1) is 12.6. The van der Waals surface area contributed by atoms with Crippen LogP contribution in [0.25, 0.3) is 10.6 Å². The molecule has 0 spiro atoms. The van der Waals surface area contributed by atoms with Crippen molar-refractivity contribution in [2.24, 2.45) is 14.1 Å². The van der Waals surface area contributed by atoms with Crippen molar-refractivity contribution in [2.45, 2.75) is 0 Å². The summed E-state index contributed by atoms with van der Waals surface area (Å²) in [5, 5.41) is 13.2. The van der Waals surface area contributed by atoms with Gasteiger partial charge in [0.15, 0.2) is 0 Å². The summed E-state index contributed by atoms with van der Waals surface area (Å²) in [4.78, 5) is 13.3. The quantitative estimate of drug-likeness (QED) is 0.802. The maximum atomic E-state index is 12.2. The molecule has 3 heterocycles. The number of carbonyl (C=O) groups is 1. The molecule has 0 saturated carbocycles. The van der Waals surface area contributed by atoms with E-state index in [4.69, 9.17) is 0 Å². The molecule has 1 N–H and O–H groups in total. The summed E-state index contributed by atoms with van der Waals surface area (Å²) in [6.45, 7) is 0. The first-order chi connectivity index (χ1) is 9.63. The molecule has 0 aliphatic heterocycles. The van der Waals surface area contributed by atoms with Crippen LogP contribution in [0.4, 0.5) is 5.69 Å². The average Bonchev–Trinajstić information content (AvgIpc) is 3.09. The monoisotopic (exact) mass is 287 g/mol. The summed E-state index contributed by atoms with van der Waals surface area (Å²) in [5.41, 5.74) is 1.98. The van der Waals surface area contributed by atoms with E-state index < -0.39 is 0 Å². The Morgan fingerprint density at radius 3 is 2.90 bits per heavy atom. The Hall–Kier alpha value is -2.41. The highest BCUT2D eigenvalue weighted by molar-refractivity contribution is 7.13. The van der Waals surface area contributed by atoms with E-state index in [0.717, 1.165) is 10.6 Å². The van der Waals surface area contributed by atoms with Gasteiger partial charge in [-0.15, -0.1) is 11.3 Å². The van der Waals surface area contributed by atoms with Gasteiger partial charge < -0.3 is 5.32 Å². The molecule has 20 heavy (non-hydrogen) atoms. The minimum Gasteiger partial charge on any atom is -0.318 e. The minimum absolute atomic E-state index is 0.198. The molecule has 0 fully saturated rings. The van der Waals surface area contributed by atoms with Crippen LogP contribution in [0.3, 0.4) is 0 Å². The number of thiophene rings is 1. The normalized spacial score (nSPS) is 10.7. The Labute approximate surface area is 119 Å². The van der Waals surface area contributed by atoms with Crippen LogP contribution in [0, 0.1) is 0 Å². The fourth-order valence-electron chi connectivity index (χ4n) is 1.91. The van der Waals surface area contributed by atoms with Gasteiger partial charge in [-0.3, -0.25) is 14.2 Å². The van der Waals surface area contributed by atoms with Crippen molar-refractivity contribution in [1.29, 1.82) is 0 Å². The molecular formula is C13H13N5OS. The van der Waals surface area contributed by atoms with Gasteiger partial charge in [-0.25, -0.2) is 0 Å². The van der Waals surface area contributed by atoms with Gasteiger partial charge in [0.2, 0.25) is 0 Å². The van der Waals surface area contributed by atoms with Gasteiger partial charge in [-0.2, -0.15) is 10.2 Å². The Bertz CT molecular complexity index is 741. The van der Waals surface area contributed by atoms with Crippen molar-refractivity contribution in [1.82, 2.24) is 19.6 Å². The number of anilines is 1. The van der Waals surface area contributed by atoms with Crippen LogP contribution < -0.4 is 5.32 Å². The SMILES string of the molecule is Cn1cc(NC(=O)c2cc(-c3cccs3)nn2C)cn1. The number of aromatic nitrogens is 4. The third-order valence-electron chi connectivity index (χ3n) is 2.85. The number of nitrogens with one attached hydrogen (secondary N) is 1. The second-order valence-corrected chi connectivity index (χ2v) is 5.32. The number of aryl methyl sites for hydroxylation is 2. The molecule has 0 unspecified atom stereocenters. The summed E-state index contributed by atoms with van der Waals surface area (Å²) >= 11 is 1.60. The van der Waals surface area contributed by atoms with Crippen molar-refractivity contribution in [3.8, 4) is 10.6 Å². The second kappa shape index (κ2) is 4.93. The van der Waals surface area contributed by atoms with Gasteiger partial charge in [0.05, 0.1) is 16.8 Å². The first-order valence-corrected chi connectivity index (χ1v) is 6.89. The summed E-state index contributed by atoms with van der Waals surface area (Å²) in [6.07, 6.45) is 3.35. The molecule has 3 aromatic rings. The molecule has 3 aromatic heterocycles. The number of amides is 1. The van der Waals surface area contributed by atoms with Crippen molar-refractivity contribution in [2.75, 3.05) is 5.32 Å². The highest BCUT2D eigenvalue weighted by Gasteiger charge is 2.15. The van der Waals surface area contributed by atoms with Gasteiger partial charge in [0.25, 0.3) is 5.91 Å². The lowest BCUT2D eigenvalue weighted by atomic mass is 10.3. The largest absolute Gasteiger partial charge is 0.318 e. The fourth-order valence-corrected chi connectivity index (χ4v) is 2.59. The molecule has 6 nitrogen and oxygen atoms in total. The van der Waals surface area contributed by atoms with Crippen LogP contribution in [-0.2, 0) is 14.1 Å². The van der Waals surface area contributed by atoms with Gasteiger partial charge in [-0.05, 0) is 17.5 Å². The number of carbonyl (C=O) groups excluding carboxylic acids is 1. The van der Waals surface area contributed by atoms with Crippen LogP contribution in [0.15, 0.2) is 36.0 Å². The highest BCUT2D eigenvalue weighted by atomic mass is 32.1. The van der Waals surface area contributed by atoms with E-state index in [2.05, 4.69) is 15.5 Å². The number of hydrogen-bond acceptors (Lipinski definition) is 4. The molecule has 0 bridgehead atoms. The van der Waals surface area contributed by atoms with Crippen LogP contribution in [0.2, 0.25) is 0 Å². The standard InChI is InChI=1S/C13H13N5OS/c1-17-8-9(7-14-17)15-13(19)11-6-10(16-18(11)2)12-4-3-5-20-12/h3-8H,1-2H3,(H,15,19). The molecule has 0 aliphatic rings. The number of rotatable bonds is 3. The van der Waals surface area contributed by atoms with Crippen LogP contribution in [-0.4, -0.2) is 25.5 Å². The van der Waals surface area contributed by atoms with Gasteiger partial charge in [0, 0.05) is 20.3 Å². The van der Waals surface area contributed by atoms with Crippen molar-refractivity contribution >= 4 is 22.9 Å². The highest BCUT2D eigenvalue weighted by Crippen LogP contribution is 2.24. The Balaban J connectivity index is 1.85. The van der Waals surface area contributed by atoms with E-state index in [0.29, 0.717) is 11.4 Å². The van der Waals surface area contributed by atoms with E-state index >= 15 is 0 Å². The molecular weight excluding hydrogens is 274 g/mol. The van der Waals surface area contributed by atoms with Crippen molar-refractivity contribution in [3.63, 3.8) is 0 Å². The molecule has 0 aliphatic carbocycles. The minimum atomic E-state index is -0.198. The average molecular weight is 287 g/mol. The van der Waals surface area contributed by atoms with E-state index in [9.17, 15) is 4.79 Å². The third kappa shape index (κ3) is 2.35. The van der Waals surface area contributed by atoms with Gasteiger partial charge >= 0.3 is 0 Å². The molecule has 3 rings (SSSR count). The van der Waals surface area contributed by atoms with E-state index in [1.54, 1.807) is 53.3 Å². The zero-order valence-electron chi connectivity index (χ0n) is 11.1. The Morgan fingerprint density at radius 2 is 2.25 bits per heavy atom. The third-order valence-corrected chi connectivity index (χ3v) is 3.74. The number of hydrogen-bond donors (Lipinski definition) is 1. The van der Waals surface area contributed by atoms with Crippen molar-refractivity contribution < 1.29 is 4.79 Å². The lowest BCUT2D eigenvalue weighted by Gasteiger charge is -2.01. The fraction of sp³-hybridized carbons (Fsp3) is 0.154. The zero-order valence-corrected chi connectivity index (χ0v) is 11.9. The summed E-state index contributed by atoms with van der Waals surface area (Å²) < 4.78 is 3.22. The maximum Gasteiger partial charge on any atom is 0.274 e. The maximum absolute atomic E-state index is 12.2. The van der Waals surface area contributed by atoms with E-state index in [-0.39, 0.29) is 5.91 Å². The van der Waals surface area contributed by atoms with Crippen LogP contribution in [0.5, 0.6) is 0 Å². The molecule has 0 aromatic carbocycles. The molecule has 0 saturated heterocycles. The summed E-state index contributed by atoms with van der Waals surface area (Å²) in [7, 11) is 3.56. The van der Waals surface area contributed by atoms with Crippen LogP contribution in [0.1, 0.15) is 10.5 Å². The lowest BCUT2D eigenvalue weighted by molar-refractivity contribution is 0.101. The molecule has 102 valence electrons. The Morgan fingerprint density at radius 1 is 1.40 bits per heavy atom. The number of nitrogens with zero attached hydrogens (tertiary/aromatic N) is 4. The smallest absolute Gasteiger partial charge is 0.274 e. The first-order valence-electron chi connectivity index (χ1n) is 6.01. The predicted octanol–water partition coefficient (Wildman–Crippen LogP) is 2.13. The topological polar surface area (TPSA) is 64.7 Å². The molecule has 0 radical (unpaired) electrons. The van der Waals surface area contributed by atoms with E-state index in [1.807, 2.05) is 17.5 Å². The summed E-state index contributed by atoms with van der Waals surface area (Å²) in [6, 6.07) is 5.73. The van der Waals surface area contributed by atoms with Gasteiger partial charge in [-0.1, -0.05) is 6.07 Å². The zero-order chi connectivity index (χ0) is 14.1. The molecule has 1 amide bonds. The predicted molar refractivity (Wildman–Crippen MR) is 77.7 cm³/mol. The van der Waals surface area contributed by atoms with Gasteiger partial charge in [0.1, 0.15) is 11.4 Å². The summed E-state index contributed by atoms with van der Waals surface area (Å²) in [5.74, 6) is -0.198. The molecule has 7 heteroatoms. The Kier molecular flexibility index (Phi) is 3.11. The van der Waals surface area contributed by atoms with Crippen LogP contribution >= 0.6 is 11.3 Å². The van der Waals surface area contributed by atoms with E-state index in [1.165, 1.54) is 0 Å². The second-order valence-electron chi connectivity index (χ2n) is 4.37. The van der Waals surface area contributed by atoms with Crippen molar-refractivity contribution in [3.05, 3.63) is 41.7 Å². The lowest BCUT2D eigenvalue weighted by Crippen LogP contribution is -2.15.